The summed E-state index contributed by atoms with van der Waals surface area (Å²) in [5.74, 6) is 0. The van der Waals surface area contributed by atoms with Gasteiger partial charge in [0.15, 0.2) is 0 Å². The molecule has 1 atom stereocenters. The van der Waals surface area contributed by atoms with E-state index in [9.17, 15) is 0 Å². The number of hydrogen-bond acceptors (Lipinski definition) is 5. The van der Waals surface area contributed by atoms with Gasteiger partial charge in [-0.05, 0) is 120 Å². The molecular weight excluding hydrogens is 815 g/mol. The van der Waals surface area contributed by atoms with Crippen LogP contribution < -0.4 is 22.9 Å². The summed E-state index contributed by atoms with van der Waals surface area (Å²) >= 11 is 0. The van der Waals surface area contributed by atoms with E-state index in [1.165, 1.54) is 52.4 Å². The van der Waals surface area contributed by atoms with E-state index in [0.29, 0.717) is 6.04 Å². The van der Waals surface area contributed by atoms with Gasteiger partial charge in [0.25, 0.3) is 0 Å². The first-order valence-corrected chi connectivity index (χ1v) is 23.0. The van der Waals surface area contributed by atoms with Crippen molar-refractivity contribution in [2.75, 3.05) is 18.0 Å². The molecule has 1 aliphatic heterocycles. The molecule has 0 amide bonds. The average molecular weight is 890 g/mol. The largest absolute Gasteiger partial charge is 0.399 e. The molecule has 67 heavy (non-hydrogen) atoms. The van der Waals surface area contributed by atoms with Crippen molar-refractivity contribution >= 4 is 17.6 Å². The van der Waals surface area contributed by atoms with Crippen molar-refractivity contribution in [2.24, 2.45) is 0 Å². The summed E-state index contributed by atoms with van der Waals surface area (Å²) in [6, 6.07) is 51.7. The van der Waals surface area contributed by atoms with Crippen LogP contribution in [0, 0.1) is 12.3 Å². The van der Waals surface area contributed by atoms with E-state index in [4.69, 9.17) is 16.9 Å². The molecule has 0 aromatic heterocycles. The molecule has 9 N–H and O–H groups in total. The van der Waals surface area contributed by atoms with Gasteiger partial charge in [0.2, 0.25) is 0 Å². The minimum Gasteiger partial charge on any atom is -0.399 e. The number of benzene rings is 6. The van der Waals surface area contributed by atoms with Crippen molar-refractivity contribution in [3.8, 4) is 33.4 Å². The van der Waals surface area contributed by atoms with Crippen LogP contribution in [-0.4, -0.2) is 12.8 Å². The minimum absolute atomic E-state index is 0. The van der Waals surface area contributed by atoms with Crippen molar-refractivity contribution in [2.45, 2.75) is 60.4 Å². The molecule has 0 bridgehead atoms. The van der Waals surface area contributed by atoms with Gasteiger partial charge in [-0.15, -0.1) is 12.3 Å². The second kappa shape index (κ2) is 36.8. The Morgan fingerprint density at radius 2 is 1.06 bits per heavy atom. The Balaban J connectivity index is 0.000000454. The lowest BCUT2D eigenvalue weighted by Gasteiger charge is -2.14. The Kier molecular flexibility index (Phi) is 31.5. The molecule has 6 aromatic carbocycles. The molecule has 5 heteroatoms. The molecule has 0 saturated heterocycles. The molecule has 0 fully saturated rings. The highest BCUT2D eigenvalue weighted by Crippen LogP contribution is 2.36. The molecule has 348 valence electrons. The maximum Gasteiger partial charge on any atom is 0.0509 e. The van der Waals surface area contributed by atoms with Gasteiger partial charge < -0.3 is 28.3 Å². The second-order valence-electron chi connectivity index (χ2n) is 14.2. The lowest BCUT2D eigenvalue weighted by molar-refractivity contribution is 0.713. The van der Waals surface area contributed by atoms with Crippen molar-refractivity contribution < 1.29 is 0 Å². The molecule has 5 nitrogen and oxygen atoms in total. The smallest absolute Gasteiger partial charge is 0.0509 e. The number of aryl methyl sites for hydroxylation is 1. The van der Waals surface area contributed by atoms with Crippen molar-refractivity contribution in [3.05, 3.63) is 260 Å². The maximum absolute atomic E-state index is 6.82. The number of nitrogens with one attached hydrogen (secondary N) is 2. The third kappa shape index (κ3) is 22.8. The maximum atomic E-state index is 6.82. The number of hydrogen-bond donors (Lipinski definition) is 5. The molecular formula is C62H75N5. The zero-order valence-electron chi connectivity index (χ0n) is 40.8. The average Bonchev–Trinajstić information content (AvgIpc) is 3.77. The predicted octanol–water partition coefficient (Wildman–Crippen LogP) is 16.9. The SMILES string of the molecule is C1=CC=CC=CC=1.C1=CCCC=C1.C=CC.CC.CC.Cc1cccc(N)c1-c1cc(-c2ccccc2)cc(-c2ccccc2)c1.N.N=Cc1ccccc1.Nc1ccc(C2C=CCN2)cc1. The Bertz CT molecular complexity index is 2350. The normalized spacial score (nSPS) is 12.6. The lowest BCUT2D eigenvalue weighted by Crippen LogP contribution is -2.13. The van der Waals surface area contributed by atoms with Gasteiger partial charge in [0.05, 0.1) is 6.04 Å². The highest BCUT2D eigenvalue weighted by molar-refractivity contribution is 5.86. The molecule has 9 rings (SSSR count). The van der Waals surface area contributed by atoms with Crippen LogP contribution in [0.2, 0.25) is 0 Å². The Morgan fingerprint density at radius 1 is 0.582 bits per heavy atom. The van der Waals surface area contributed by atoms with Crippen LogP contribution in [0.4, 0.5) is 11.4 Å². The number of rotatable bonds is 5. The van der Waals surface area contributed by atoms with E-state index < -0.39 is 0 Å². The third-order valence-corrected chi connectivity index (χ3v) is 9.39. The van der Waals surface area contributed by atoms with Gasteiger partial charge >= 0.3 is 0 Å². The van der Waals surface area contributed by atoms with Gasteiger partial charge in [0, 0.05) is 29.7 Å². The van der Waals surface area contributed by atoms with Gasteiger partial charge in [0.1, 0.15) is 0 Å². The van der Waals surface area contributed by atoms with Crippen molar-refractivity contribution in [1.29, 1.82) is 5.41 Å². The first-order valence-electron chi connectivity index (χ1n) is 23.0. The van der Waals surface area contributed by atoms with Crippen LogP contribution in [0.5, 0.6) is 0 Å². The van der Waals surface area contributed by atoms with E-state index in [1.54, 1.807) is 6.08 Å². The summed E-state index contributed by atoms with van der Waals surface area (Å²) in [6.07, 6.45) is 30.0. The van der Waals surface area contributed by atoms with E-state index in [-0.39, 0.29) is 6.15 Å². The molecule has 6 aromatic rings. The van der Waals surface area contributed by atoms with Crippen LogP contribution in [0.1, 0.15) is 70.2 Å². The summed E-state index contributed by atoms with van der Waals surface area (Å²) in [7, 11) is 0. The summed E-state index contributed by atoms with van der Waals surface area (Å²) in [6.45, 7) is 16.3. The van der Waals surface area contributed by atoms with Crippen molar-refractivity contribution in [1.82, 2.24) is 11.5 Å². The molecule has 1 heterocycles. The summed E-state index contributed by atoms with van der Waals surface area (Å²) in [5.41, 5.74) is 27.0. The second-order valence-corrected chi connectivity index (χ2v) is 14.2. The zero-order chi connectivity index (χ0) is 48.0. The predicted molar refractivity (Wildman–Crippen MR) is 299 cm³/mol. The summed E-state index contributed by atoms with van der Waals surface area (Å²) < 4.78 is 0. The first-order chi connectivity index (χ1) is 32.4. The number of nitrogen functional groups attached to an aromatic ring is 2. The molecule has 0 saturated carbocycles. The summed E-state index contributed by atoms with van der Waals surface area (Å²) in [5, 5.41) is 10.2. The van der Waals surface area contributed by atoms with Gasteiger partial charge in [-0.2, -0.15) is 0 Å². The van der Waals surface area contributed by atoms with Gasteiger partial charge in [-0.3, -0.25) is 0 Å². The summed E-state index contributed by atoms with van der Waals surface area (Å²) in [4.78, 5) is 0. The fraction of sp³-hybridized carbons (Fsp3) is 0.161. The van der Waals surface area contributed by atoms with Crippen molar-refractivity contribution in [3.63, 3.8) is 0 Å². The zero-order valence-corrected chi connectivity index (χ0v) is 40.8. The quantitative estimate of drug-likeness (QED) is 0.0512. The van der Waals surface area contributed by atoms with E-state index in [0.717, 1.165) is 34.6 Å². The minimum atomic E-state index is 0. The fourth-order valence-electron chi connectivity index (χ4n) is 6.35. The topological polar surface area (TPSA) is 123 Å². The van der Waals surface area contributed by atoms with Crippen LogP contribution in [-0.2, 0) is 0 Å². The molecule has 0 spiro atoms. The molecule has 2 aliphatic carbocycles. The third-order valence-electron chi connectivity index (χ3n) is 9.39. The van der Waals surface area contributed by atoms with Crippen LogP contribution in [0.3, 0.4) is 0 Å². The van der Waals surface area contributed by atoms with Gasteiger partial charge in [-0.1, -0.05) is 210 Å². The lowest BCUT2D eigenvalue weighted by atomic mass is 9.91. The number of anilines is 2. The highest BCUT2D eigenvalue weighted by atomic mass is 14.9. The van der Waals surface area contributed by atoms with E-state index >= 15 is 0 Å². The number of allylic oxidation sites excluding steroid dienone is 10. The van der Waals surface area contributed by atoms with Crippen LogP contribution in [0.25, 0.3) is 33.4 Å². The fourth-order valence-corrected chi connectivity index (χ4v) is 6.35. The Labute approximate surface area is 404 Å². The van der Waals surface area contributed by atoms with Crippen LogP contribution >= 0.6 is 0 Å². The monoisotopic (exact) mass is 890 g/mol. The van der Waals surface area contributed by atoms with E-state index in [1.807, 2.05) is 138 Å². The molecule has 3 aliphatic rings. The standard InChI is InChI=1S/C25H21N.C10H12N2.C7H7N.C7H6.C6H8.C3H6.2C2H6.H3N/c1-18-9-8-14-24(26)25(18)23-16-21(19-10-4-2-5-11-19)15-22(17-23)20-12-6-3-7-13-20;11-9-5-3-8(4-6-9)10-2-1-7-12-10;8-6-7-4-2-1-3-5-7;1-2-4-6-7-5-3-1;1-2-4-6-5-3-1;1-3-2;2*1-2;/h2-17H,26H2,1H3;1-6,10,12H,7,11H2;1-6,8H;1-6H;1-4H,5-6H2;3H,1H2,2H3;2*1-2H3;1H3. The van der Waals surface area contributed by atoms with Crippen LogP contribution in [0.15, 0.2) is 243 Å². The highest BCUT2D eigenvalue weighted by Gasteiger charge is 2.11. The number of nitrogens with two attached hydrogens (primary N) is 2. The first kappa shape index (κ1) is 57.5. The molecule has 1 unspecified atom stereocenters. The molecule has 0 radical (unpaired) electrons. The van der Waals surface area contributed by atoms with Gasteiger partial charge in [-0.25, -0.2) is 0 Å². The Hall–Kier alpha value is -7.53. The van der Waals surface area contributed by atoms with E-state index in [2.05, 4.69) is 146 Å². The Morgan fingerprint density at radius 3 is 1.46 bits per heavy atom.